The molecule has 0 spiro atoms. The molecule has 1 heterocycles. The first-order valence-electron chi connectivity index (χ1n) is 6.80. The molecule has 0 radical (unpaired) electrons. The molecule has 0 saturated carbocycles. The lowest BCUT2D eigenvalue weighted by Gasteiger charge is -2.05. The standard InChI is InChI=1S/C16H14ClN3S2/c17-13-8-6-12(7-9-13)15-18-16(22-11-10-21)19-20(15)14-4-2-1-3-5-14/h1-9,21H,10-11H2. The van der Waals surface area contributed by atoms with E-state index in [0.717, 1.165) is 33.7 Å². The van der Waals surface area contributed by atoms with E-state index in [9.17, 15) is 0 Å². The molecule has 0 aliphatic rings. The van der Waals surface area contributed by atoms with E-state index in [2.05, 4.69) is 22.7 Å². The highest BCUT2D eigenvalue weighted by atomic mass is 35.5. The topological polar surface area (TPSA) is 30.7 Å². The van der Waals surface area contributed by atoms with Gasteiger partial charge in [0.25, 0.3) is 0 Å². The zero-order valence-corrected chi connectivity index (χ0v) is 14.2. The van der Waals surface area contributed by atoms with Crippen molar-refractivity contribution in [1.29, 1.82) is 0 Å². The first-order valence-corrected chi connectivity index (χ1v) is 8.79. The molecule has 0 unspecified atom stereocenters. The van der Waals surface area contributed by atoms with Gasteiger partial charge in [-0.1, -0.05) is 41.6 Å². The molecule has 0 N–H and O–H groups in total. The molecule has 0 aliphatic carbocycles. The van der Waals surface area contributed by atoms with Crippen LogP contribution in [0, 0.1) is 0 Å². The van der Waals surface area contributed by atoms with Crippen LogP contribution in [0.25, 0.3) is 17.1 Å². The van der Waals surface area contributed by atoms with Crippen molar-refractivity contribution < 1.29 is 0 Å². The second-order valence-corrected chi connectivity index (χ2v) is 6.49. The minimum Gasteiger partial charge on any atom is -0.212 e. The van der Waals surface area contributed by atoms with E-state index in [0.29, 0.717) is 5.02 Å². The highest BCUT2D eigenvalue weighted by molar-refractivity contribution is 7.99. The molecule has 0 fully saturated rings. The van der Waals surface area contributed by atoms with Crippen LogP contribution in [0.15, 0.2) is 59.8 Å². The Labute approximate surface area is 144 Å². The van der Waals surface area contributed by atoms with E-state index < -0.39 is 0 Å². The van der Waals surface area contributed by atoms with Gasteiger partial charge in [-0.3, -0.25) is 0 Å². The number of thiol groups is 1. The number of rotatable bonds is 5. The molecule has 1 aromatic heterocycles. The Morgan fingerprint density at radius 1 is 1.05 bits per heavy atom. The van der Waals surface area contributed by atoms with Gasteiger partial charge in [-0.05, 0) is 42.2 Å². The van der Waals surface area contributed by atoms with Gasteiger partial charge in [-0.2, -0.15) is 12.6 Å². The predicted molar refractivity (Wildman–Crippen MR) is 96.4 cm³/mol. The first-order chi connectivity index (χ1) is 10.8. The SMILES string of the molecule is SCCSc1nc(-c2ccc(Cl)cc2)n(-c2ccccc2)n1. The van der Waals surface area contributed by atoms with Gasteiger partial charge in [0.15, 0.2) is 5.82 Å². The average molecular weight is 348 g/mol. The maximum atomic E-state index is 5.97. The summed E-state index contributed by atoms with van der Waals surface area (Å²) in [5, 5.41) is 6.08. The number of hydrogen-bond acceptors (Lipinski definition) is 4. The lowest BCUT2D eigenvalue weighted by molar-refractivity contribution is 0.839. The Bertz CT molecular complexity index is 742. The van der Waals surface area contributed by atoms with Gasteiger partial charge < -0.3 is 0 Å². The smallest absolute Gasteiger partial charge is 0.209 e. The van der Waals surface area contributed by atoms with Crippen molar-refractivity contribution in [2.45, 2.75) is 5.16 Å². The molecule has 112 valence electrons. The van der Waals surface area contributed by atoms with Crippen molar-refractivity contribution in [3.63, 3.8) is 0 Å². The number of para-hydroxylation sites is 1. The highest BCUT2D eigenvalue weighted by Gasteiger charge is 2.13. The summed E-state index contributed by atoms with van der Waals surface area (Å²) in [5.74, 6) is 2.48. The van der Waals surface area contributed by atoms with Crippen LogP contribution in [0.4, 0.5) is 0 Å². The number of thioether (sulfide) groups is 1. The molecule has 3 rings (SSSR count). The quantitative estimate of drug-likeness (QED) is 0.540. The zero-order chi connectivity index (χ0) is 15.4. The van der Waals surface area contributed by atoms with Crippen molar-refractivity contribution in [2.75, 3.05) is 11.5 Å². The van der Waals surface area contributed by atoms with E-state index in [-0.39, 0.29) is 0 Å². The Morgan fingerprint density at radius 3 is 2.45 bits per heavy atom. The molecule has 2 aromatic carbocycles. The van der Waals surface area contributed by atoms with Crippen LogP contribution in [-0.2, 0) is 0 Å². The Balaban J connectivity index is 2.06. The van der Waals surface area contributed by atoms with Gasteiger partial charge in [-0.25, -0.2) is 9.67 Å². The number of halogens is 1. The summed E-state index contributed by atoms with van der Waals surface area (Å²) in [5.41, 5.74) is 1.97. The van der Waals surface area contributed by atoms with Crippen LogP contribution in [0.5, 0.6) is 0 Å². The van der Waals surface area contributed by atoms with Crippen LogP contribution in [0.2, 0.25) is 5.02 Å². The second-order valence-electron chi connectivity index (χ2n) is 4.54. The maximum absolute atomic E-state index is 5.97. The van der Waals surface area contributed by atoms with E-state index in [4.69, 9.17) is 11.6 Å². The Hall–Kier alpha value is -1.43. The van der Waals surface area contributed by atoms with Gasteiger partial charge in [0.05, 0.1) is 5.69 Å². The Morgan fingerprint density at radius 2 is 1.77 bits per heavy atom. The van der Waals surface area contributed by atoms with Crippen molar-refractivity contribution in [2.24, 2.45) is 0 Å². The molecule has 0 amide bonds. The highest BCUT2D eigenvalue weighted by Crippen LogP contribution is 2.25. The van der Waals surface area contributed by atoms with E-state index >= 15 is 0 Å². The fraction of sp³-hybridized carbons (Fsp3) is 0.125. The van der Waals surface area contributed by atoms with E-state index in [1.165, 1.54) is 0 Å². The summed E-state index contributed by atoms with van der Waals surface area (Å²) < 4.78 is 1.87. The third-order valence-corrected chi connectivity index (χ3v) is 4.63. The summed E-state index contributed by atoms with van der Waals surface area (Å²) in [6.07, 6.45) is 0. The molecule has 6 heteroatoms. The van der Waals surface area contributed by atoms with Crippen molar-refractivity contribution in [3.05, 3.63) is 59.6 Å². The normalized spacial score (nSPS) is 10.8. The molecular weight excluding hydrogens is 334 g/mol. The fourth-order valence-electron chi connectivity index (χ4n) is 2.03. The van der Waals surface area contributed by atoms with Crippen molar-refractivity contribution >= 4 is 36.0 Å². The number of hydrogen-bond donors (Lipinski definition) is 1. The summed E-state index contributed by atoms with van der Waals surface area (Å²) in [6, 6.07) is 17.6. The summed E-state index contributed by atoms with van der Waals surface area (Å²) >= 11 is 11.8. The lowest BCUT2D eigenvalue weighted by atomic mass is 10.2. The molecule has 0 saturated heterocycles. The third-order valence-electron chi connectivity index (χ3n) is 3.01. The Kier molecular flexibility index (Phi) is 5.08. The minimum absolute atomic E-state index is 0.708. The molecule has 3 nitrogen and oxygen atoms in total. The van der Waals surface area contributed by atoms with Gasteiger partial charge in [0.2, 0.25) is 5.16 Å². The number of aromatic nitrogens is 3. The van der Waals surface area contributed by atoms with Crippen LogP contribution in [0.3, 0.4) is 0 Å². The van der Waals surface area contributed by atoms with Gasteiger partial charge in [-0.15, -0.1) is 5.10 Å². The second kappa shape index (κ2) is 7.22. The first kappa shape index (κ1) is 15.5. The van der Waals surface area contributed by atoms with Crippen molar-refractivity contribution in [3.8, 4) is 17.1 Å². The monoisotopic (exact) mass is 347 g/mol. The molecular formula is C16H14ClN3S2. The van der Waals surface area contributed by atoms with E-state index in [1.807, 2.05) is 59.3 Å². The van der Waals surface area contributed by atoms with Gasteiger partial charge >= 0.3 is 0 Å². The molecule has 0 atom stereocenters. The lowest BCUT2D eigenvalue weighted by Crippen LogP contribution is -1.99. The van der Waals surface area contributed by atoms with Gasteiger partial charge in [0.1, 0.15) is 0 Å². The third kappa shape index (κ3) is 3.48. The molecule has 0 aliphatic heterocycles. The molecule has 3 aromatic rings. The number of nitrogens with zero attached hydrogens (tertiary/aromatic N) is 3. The van der Waals surface area contributed by atoms with Crippen LogP contribution in [-0.4, -0.2) is 26.3 Å². The predicted octanol–water partition coefficient (Wildman–Crippen LogP) is 4.61. The maximum Gasteiger partial charge on any atom is 0.209 e. The van der Waals surface area contributed by atoms with Crippen molar-refractivity contribution in [1.82, 2.24) is 14.8 Å². The summed E-state index contributed by atoms with van der Waals surface area (Å²) in [6.45, 7) is 0. The van der Waals surface area contributed by atoms with Crippen LogP contribution in [0.1, 0.15) is 0 Å². The summed E-state index contributed by atoms with van der Waals surface area (Å²) in [4.78, 5) is 4.66. The minimum atomic E-state index is 0.708. The largest absolute Gasteiger partial charge is 0.212 e. The van der Waals surface area contributed by atoms with Crippen LogP contribution < -0.4 is 0 Å². The summed E-state index contributed by atoms with van der Waals surface area (Å²) in [7, 11) is 0. The van der Waals surface area contributed by atoms with Gasteiger partial charge in [0, 0.05) is 16.3 Å². The number of benzene rings is 2. The molecule has 22 heavy (non-hydrogen) atoms. The zero-order valence-electron chi connectivity index (χ0n) is 11.7. The fourth-order valence-corrected chi connectivity index (χ4v) is 2.99. The average Bonchev–Trinajstić information content (AvgIpc) is 2.98. The van der Waals surface area contributed by atoms with Crippen LogP contribution >= 0.6 is 36.0 Å². The van der Waals surface area contributed by atoms with E-state index in [1.54, 1.807) is 11.8 Å². The molecule has 0 bridgehead atoms.